The molecule has 1 aliphatic heterocycles. The average molecular weight is 462 g/mol. The van der Waals surface area contributed by atoms with Crippen molar-refractivity contribution in [2.75, 3.05) is 25.4 Å². The fraction of sp³-hybridized carbons (Fsp3) is 0.706. The van der Waals surface area contributed by atoms with Crippen molar-refractivity contribution in [1.82, 2.24) is 15.5 Å². The van der Waals surface area contributed by atoms with Gasteiger partial charge in [0.05, 0.1) is 12.6 Å². The number of amides is 3. The summed E-state index contributed by atoms with van der Waals surface area (Å²) in [5.74, 6) is -3.23. The molecule has 0 radical (unpaired) electrons. The summed E-state index contributed by atoms with van der Waals surface area (Å²) < 4.78 is 0. The van der Waals surface area contributed by atoms with Crippen LogP contribution in [0.15, 0.2) is 4.99 Å². The number of hydrogen-bond acceptors (Lipinski definition) is 8. The van der Waals surface area contributed by atoms with Gasteiger partial charge in [0, 0.05) is 18.8 Å². The third-order valence-electron chi connectivity index (χ3n) is 4.73. The minimum Gasteiger partial charge on any atom is -0.480 e. The number of guanidine groups is 1. The van der Waals surface area contributed by atoms with Gasteiger partial charge in [0.15, 0.2) is 5.96 Å². The van der Waals surface area contributed by atoms with Crippen LogP contribution in [0.4, 0.5) is 0 Å². The molecular weight excluding hydrogens is 430 g/mol. The number of nitrogens with two attached hydrogens (primary N) is 3. The molecule has 31 heavy (non-hydrogen) atoms. The number of carbonyl (C=O) groups excluding carboxylic acids is 3. The lowest BCUT2D eigenvalue weighted by Crippen LogP contribution is -2.58. The molecular formula is C17H31N7O6S. The van der Waals surface area contributed by atoms with Gasteiger partial charge < -0.3 is 42.9 Å². The van der Waals surface area contributed by atoms with Gasteiger partial charge in [-0.3, -0.25) is 19.4 Å². The van der Waals surface area contributed by atoms with Crippen LogP contribution in [0.1, 0.15) is 25.7 Å². The monoisotopic (exact) mass is 461 g/mol. The maximum atomic E-state index is 12.8. The molecule has 176 valence electrons. The van der Waals surface area contributed by atoms with E-state index < -0.39 is 54.5 Å². The Morgan fingerprint density at radius 3 is 2.42 bits per heavy atom. The first-order valence-corrected chi connectivity index (χ1v) is 10.4. The number of carbonyl (C=O) groups is 4. The van der Waals surface area contributed by atoms with Crippen LogP contribution in [-0.2, 0) is 19.2 Å². The second-order valence-corrected chi connectivity index (χ2v) is 7.44. The average Bonchev–Trinajstić information content (AvgIpc) is 3.22. The van der Waals surface area contributed by atoms with Gasteiger partial charge in [-0.25, -0.2) is 4.79 Å². The van der Waals surface area contributed by atoms with E-state index in [1.807, 2.05) is 0 Å². The molecule has 1 saturated heterocycles. The van der Waals surface area contributed by atoms with E-state index in [1.54, 1.807) is 0 Å². The van der Waals surface area contributed by atoms with E-state index in [9.17, 15) is 29.4 Å². The Labute approximate surface area is 185 Å². The van der Waals surface area contributed by atoms with Gasteiger partial charge in [-0.2, -0.15) is 12.6 Å². The summed E-state index contributed by atoms with van der Waals surface area (Å²) in [4.78, 5) is 53.9. The van der Waals surface area contributed by atoms with Gasteiger partial charge in [-0.15, -0.1) is 0 Å². The Kier molecular flexibility index (Phi) is 11.1. The standard InChI is InChI=1S/C17H31N7O6S/c18-9(8-31)13(26)23-11(7-25)15(28)24-6-2-4-12(24)14(27)22-10(16(29)30)3-1-5-21-17(19)20/h9-12,25,31H,1-8,18H2,(H,22,27)(H,23,26)(H,29,30)(H4,19,20,21). The van der Waals surface area contributed by atoms with Crippen molar-refractivity contribution in [3.05, 3.63) is 0 Å². The van der Waals surface area contributed by atoms with Crippen molar-refractivity contribution in [3.63, 3.8) is 0 Å². The molecule has 13 nitrogen and oxygen atoms in total. The molecule has 1 fully saturated rings. The van der Waals surface area contributed by atoms with Crippen LogP contribution < -0.4 is 27.8 Å². The third kappa shape index (κ3) is 8.22. The molecule has 0 bridgehead atoms. The molecule has 4 unspecified atom stereocenters. The molecule has 4 atom stereocenters. The van der Waals surface area contributed by atoms with Crippen molar-refractivity contribution < 1.29 is 29.4 Å². The number of aliphatic hydroxyl groups is 1. The number of aliphatic carboxylic acids is 1. The van der Waals surface area contributed by atoms with Gasteiger partial charge in [0.25, 0.3) is 0 Å². The normalized spacial score (nSPS) is 18.5. The number of likely N-dealkylation sites (tertiary alicyclic amines) is 1. The summed E-state index contributed by atoms with van der Waals surface area (Å²) in [6.07, 6.45) is 1.25. The van der Waals surface area contributed by atoms with E-state index in [4.69, 9.17) is 17.2 Å². The summed E-state index contributed by atoms with van der Waals surface area (Å²) in [7, 11) is 0. The van der Waals surface area contributed by atoms with Gasteiger partial charge in [0.2, 0.25) is 17.7 Å². The van der Waals surface area contributed by atoms with Gasteiger partial charge >= 0.3 is 5.97 Å². The van der Waals surface area contributed by atoms with Crippen LogP contribution in [0, 0.1) is 0 Å². The van der Waals surface area contributed by atoms with Gasteiger partial charge in [0.1, 0.15) is 18.1 Å². The van der Waals surface area contributed by atoms with E-state index in [-0.39, 0.29) is 31.2 Å². The first-order valence-electron chi connectivity index (χ1n) is 9.79. The Hall–Kier alpha value is -2.58. The van der Waals surface area contributed by atoms with E-state index in [1.165, 1.54) is 4.90 Å². The topological polar surface area (TPSA) is 226 Å². The molecule has 1 rings (SSSR count). The van der Waals surface area contributed by atoms with Crippen LogP contribution in [0.2, 0.25) is 0 Å². The van der Waals surface area contributed by atoms with Crippen molar-refractivity contribution in [1.29, 1.82) is 0 Å². The second kappa shape index (κ2) is 13.0. The van der Waals surface area contributed by atoms with Crippen molar-refractivity contribution >= 4 is 42.3 Å². The Morgan fingerprint density at radius 2 is 1.87 bits per heavy atom. The SMILES string of the molecule is NC(N)=NCCCC(NC(=O)C1CCCN1C(=O)C(CO)NC(=O)C(N)CS)C(=O)O. The Morgan fingerprint density at radius 1 is 1.19 bits per heavy atom. The number of aliphatic hydroxyl groups excluding tert-OH is 1. The maximum absolute atomic E-state index is 12.8. The number of thiol groups is 1. The predicted molar refractivity (Wildman–Crippen MR) is 115 cm³/mol. The first kappa shape index (κ1) is 26.5. The highest BCUT2D eigenvalue weighted by Crippen LogP contribution is 2.19. The number of nitrogens with one attached hydrogen (secondary N) is 2. The molecule has 0 aromatic rings. The van der Waals surface area contributed by atoms with E-state index in [2.05, 4.69) is 28.3 Å². The third-order valence-corrected chi connectivity index (χ3v) is 5.12. The highest BCUT2D eigenvalue weighted by Gasteiger charge is 2.38. The minimum atomic E-state index is -1.28. The van der Waals surface area contributed by atoms with Crippen molar-refractivity contribution in [2.45, 2.75) is 49.9 Å². The van der Waals surface area contributed by atoms with Crippen LogP contribution >= 0.6 is 12.6 Å². The molecule has 10 N–H and O–H groups in total. The number of carboxylic acid groups (broad SMARTS) is 1. The van der Waals surface area contributed by atoms with E-state index in [0.29, 0.717) is 19.3 Å². The number of rotatable bonds is 12. The number of aliphatic imine (C=N–C) groups is 1. The summed E-state index contributed by atoms with van der Waals surface area (Å²) in [5.41, 5.74) is 16.0. The lowest BCUT2D eigenvalue weighted by molar-refractivity contribution is -0.145. The van der Waals surface area contributed by atoms with Gasteiger partial charge in [-0.1, -0.05) is 0 Å². The molecule has 0 aromatic carbocycles. The molecule has 0 aliphatic carbocycles. The lowest BCUT2D eigenvalue weighted by atomic mass is 10.1. The van der Waals surface area contributed by atoms with Crippen LogP contribution in [0.5, 0.6) is 0 Å². The van der Waals surface area contributed by atoms with Crippen LogP contribution in [0.25, 0.3) is 0 Å². The Balaban J connectivity index is 2.77. The van der Waals surface area contributed by atoms with E-state index >= 15 is 0 Å². The van der Waals surface area contributed by atoms with Crippen molar-refractivity contribution in [2.24, 2.45) is 22.2 Å². The maximum Gasteiger partial charge on any atom is 0.326 e. The number of hydrogen-bond donors (Lipinski definition) is 8. The van der Waals surface area contributed by atoms with E-state index in [0.717, 1.165) is 0 Å². The van der Waals surface area contributed by atoms with Gasteiger partial charge in [-0.05, 0) is 25.7 Å². The number of carboxylic acids is 1. The molecule has 1 aliphatic rings. The fourth-order valence-electron chi connectivity index (χ4n) is 3.08. The summed E-state index contributed by atoms with van der Waals surface area (Å²) in [6, 6.07) is -4.34. The lowest BCUT2D eigenvalue weighted by Gasteiger charge is -2.29. The molecule has 0 saturated carbocycles. The van der Waals surface area contributed by atoms with Crippen molar-refractivity contribution in [3.8, 4) is 0 Å². The highest BCUT2D eigenvalue weighted by atomic mass is 32.1. The second-order valence-electron chi connectivity index (χ2n) is 7.07. The zero-order valence-corrected chi connectivity index (χ0v) is 18.0. The molecule has 14 heteroatoms. The zero-order chi connectivity index (χ0) is 23.6. The summed E-state index contributed by atoms with van der Waals surface area (Å²) in [5, 5.41) is 23.7. The largest absolute Gasteiger partial charge is 0.480 e. The molecule has 0 aromatic heterocycles. The van der Waals surface area contributed by atoms with Crippen LogP contribution in [-0.4, -0.2) is 94.4 Å². The summed E-state index contributed by atoms with van der Waals surface area (Å²) in [6.45, 7) is -0.246. The fourth-order valence-corrected chi connectivity index (χ4v) is 3.25. The highest BCUT2D eigenvalue weighted by molar-refractivity contribution is 7.80. The molecule has 1 heterocycles. The zero-order valence-electron chi connectivity index (χ0n) is 17.1. The Bertz CT molecular complexity index is 688. The smallest absolute Gasteiger partial charge is 0.326 e. The summed E-state index contributed by atoms with van der Waals surface area (Å²) >= 11 is 3.91. The quantitative estimate of drug-likeness (QED) is 0.0619. The predicted octanol–water partition coefficient (Wildman–Crippen LogP) is -3.67. The number of nitrogens with zero attached hydrogens (tertiary/aromatic N) is 2. The minimum absolute atomic E-state index is 0.0483. The molecule has 3 amide bonds. The molecule has 0 spiro atoms. The van der Waals surface area contributed by atoms with Crippen LogP contribution in [0.3, 0.4) is 0 Å². The first-order chi connectivity index (χ1) is 14.6.